The van der Waals surface area contributed by atoms with Crippen molar-refractivity contribution < 1.29 is 10.3 Å². The molecule has 0 heterocycles. The summed E-state index contributed by atoms with van der Waals surface area (Å²) in [5.74, 6) is 0. The Hall–Kier alpha value is -1.46. The first-order valence-electron chi connectivity index (χ1n) is 3.30. The van der Waals surface area contributed by atoms with Crippen LogP contribution in [0.5, 0.6) is 0 Å². The lowest BCUT2D eigenvalue weighted by Crippen LogP contribution is -2.18. The normalized spacial score (nSPS) is 12.2. The number of rotatable bonds is 3. The van der Waals surface area contributed by atoms with E-state index in [4.69, 9.17) is 5.21 Å². The Morgan fingerprint density at radius 1 is 1.33 bits per heavy atom. The molecular formula is C7H8N2O3. The van der Waals surface area contributed by atoms with Gasteiger partial charge in [0.1, 0.15) is 0 Å². The summed E-state index contributed by atoms with van der Waals surface area (Å²) in [5, 5.41) is 20.0. The third-order valence-electron chi connectivity index (χ3n) is 1.40. The SMILES string of the molecule is O=NN(O)C(O)c1ccccc1. The second kappa shape index (κ2) is 3.80. The number of aliphatic hydroxyl groups is 1. The number of benzene rings is 1. The van der Waals surface area contributed by atoms with Gasteiger partial charge in [0.25, 0.3) is 0 Å². The zero-order chi connectivity index (χ0) is 8.97. The maximum Gasteiger partial charge on any atom is 0.199 e. The highest BCUT2D eigenvalue weighted by atomic mass is 16.6. The Morgan fingerprint density at radius 2 is 1.92 bits per heavy atom. The summed E-state index contributed by atoms with van der Waals surface area (Å²) in [5.41, 5.74) is 0.402. The smallest absolute Gasteiger partial charge is 0.199 e. The minimum atomic E-state index is -1.40. The molecule has 1 aromatic carbocycles. The molecule has 0 bridgehead atoms. The quantitative estimate of drug-likeness (QED) is 0.402. The summed E-state index contributed by atoms with van der Waals surface area (Å²) in [6.07, 6.45) is -1.40. The van der Waals surface area contributed by atoms with Crippen LogP contribution in [-0.2, 0) is 0 Å². The number of hydroxylamine groups is 1. The fraction of sp³-hybridized carbons (Fsp3) is 0.143. The molecule has 0 aliphatic rings. The van der Waals surface area contributed by atoms with E-state index >= 15 is 0 Å². The first kappa shape index (κ1) is 8.63. The van der Waals surface area contributed by atoms with Gasteiger partial charge in [-0.3, -0.25) is 5.21 Å². The van der Waals surface area contributed by atoms with Gasteiger partial charge < -0.3 is 5.11 Å². The standard InChI is InChI=1S/C7H8N2O3/c10-7(9(12)8-11)6-4-2-1-3-5-6/h1-5,7,10,12H. The van der Waals surface area contributed by atoms with Crippen molar-refractivity contribution in [3.8, 4) is 0 Å². The molecule has 0 amide bonds. The number of hydrogen-bond donors (Lipinski definition) is 2. The molecule has 1 unspecified atom stereocenters. The molecule has 0 aliphatic carbocycles. The molecular weight excluding hydrogens is 160 g/mol. The molecule has 12 heavy (non-hydrogen) atoms. The molecule has 0 aliphatic heterocycles. The molecule has 0 aromatic heterocycles. The number of aliphatic hydroxyl groups excluding tert-OH is 1. The van der Waals surface area contributed by atoms with Crippen LogP contribution in [0.1, 0.15) is 11.8 Å². The Kier molecular flexibility index (Phi) is 2.73. The molecule has 1 rings (SSSR count). The van der Waals surface area contributed by atoms with Gasteiger partial charge in [-0.25, -0.2) is 0 Å². The van der Waals surface area contributed by atoms with E-state index < -0.39 is 6.23 Å². The van der Waals surface area contributed by atoms with Gasteiger partial charge in [0.15, 0.2) is 6.23 Å². The Bertz CT molecular complexity index is 252. The highest BCUT2D eigenvalue weighted by molar-refractivity contribution is 5.16. The van der Waals surface area contributed by atoms with Crippen molar-refractivity contribution in [2.45, 2.75) is 6.23 Å². The minimum Gasteiger partial charge on any atom is -0.366 e. The second-order valence-corrected chi connectivity index (χ2v) is 2.19. The average Bonchev–Trinajstić information content (AvgIpc) is 2.17. The molecule has 0 spiro atoms. The summed E-state index contributed by atoms with van der Waals surface area (Å²) in [6, 6.07) is 8.25. The molecule has 0 radical (unpaired) electrons. The van der Waals surface area contributed by atoms with E-state index in [1.807, 2.05) is 0 Å². The lowest BCUT2D eigenvalue weighted by atomic mass is 10.2. The van der Waals surface area contributed by atoms with E-state index in [0.29, 0.717) is 5.56 Å². The largest absolute Gasteiger partial charge is 0.366 e. The third-order valence-corrected chi connectivity index (χ3v) is 1.40. The van der Waals surface area contributed by atoms with Crippen LogP contribution in [-0.4, -0.2) is 15.5 Å². The average molecular weight is 168 g/mol. The number of hydrogen-bond acceptors (Lipinski definition) is 4. The summed E-state index contributed by atoms with van der Waals surface area (Å²) >= 11 is 0. The van der Waals surface area contributed by atoms with E-state index in [1.54, 1.807) is 30.3 Å². The fourth-order valence-corrected chi connectivity index (χ4v) is 0.803. The van der Waals surface area contributed by atoms with Gasteiger partial charge in [-0.15, -0.1) is 10.1 Å². The van der Waals surface area contributed by atoms with Crippen LogP contribution in [0.25, 0.3) is 0 Å². The molecule has 1 atom stereocenters. The van der Waals surface area contributed by atoms with E-state index in [9.17, 15) is 10.0 Å². The van der Waals surface area contributed by atoms with Crippen molar-refractivity contribution in [2.75, 3.05) is 0 Å². The van der Waals surface area contributed by atoms with Crippen LogP contribution in [0.15, 0.2) is 35.6 Å². The van der Waals surface area contributed by atoms with Crippen molar-refractivity contribution in [1.29, 1.82) is 0 Å². The lowest BCUT2D eigenvalue weighted by molar-refractivity contribution is -0.201. The number of nitrogens with zero attached hydrogens (tertiary/aromatic N) is 2. The highest BCUT2D eigenvalue weighted by Gasteiger charge is 2.13. The number of nitroso groups, excluding NO2 is 1. The van der Waals surface area contributed by atoms with Crippen molar-refractivity contribution in [3.63, 3.8) is 0 Å². The minimum absolute atomic E-state index is 0.0463. The molecule has 64 valence electrons. The van der Waals surface area contributed by atoms with Crippen LogP contribution >= 0.6 is 0 Å². The van der Waals surface area contributed by atoms with Gasteiger partial charge in [0, 0.05) is 5.56 Å². The van der Waals surface area contributed by atoms with Gasteiger partial charge in [0.2, 0.25) is 0 Å². The fourth-order valence-electron chi connectivity index (χ4n) is 0.803. The summed E-state index contributed by atoms with van der Waals surface area (Å²) in [7, 11) is 0. The van der Waals surface area contributed by atoms with E-state index in [1.165, 1.54) is 0 Å². The topological polar surface area (TPSA) is 73.1 Å². The molecule has 2 N–H and O–H groups in total. The second-order valence-electron chi connectivity index (χ2n) is 2.19. The van der Waals surface area contributed by atoms with Crippen LogP contribution in [0.2, 0.25) is 0 Å². The van der Waals surface area contributed by atoms with Crippen molar-refractivity contribution in [1.82, 2.24) is 5.17 Å². The zero-order valence-electron chi connectivity index (χ0n) is 6.16. The van der Waals surface area contributed by atoms with Gasteiger partial charge in [-0.05, 0) is 0 Å². The van der Waals surface area contributed by atoms with E-state index in [0.717, 1.165) is 0 Å². The molecule has 0 saturated heterocycles. The van der Waals surface area contributed by atoms with Gasteiger partial charge in [0.05, 0.1) is 5.29 Å². The van der Waals surface area contributed by atoms with Crippen molar-refractivity contribution in [3.05, 3.63) is 40.8 Å². The van der Waals surface area contributed by atoms with Gasteiger partial charge >= 0.3 is 0 Å². The zero-order valence-corrected chi connectivity index (χ0v) is 6.16. The van der Waals surface area contributed by atoms with E-state index in [-0.39, 0.29) is 5.17 Å². The Labute approximate surface area is 68.8 Å². The van der Waals surface area contributed by atoms with Crippen LogP contribution < -0.4 is 0 Å². The van der Waals surface area contributed by atoms with Gasteiger partial charge in [-0.2, -0.15) is 0 Å². The molecule has 0 saturated carbocycles. The molecule has 5 nitrogen and oxygen atoms in total. The van der Waals surface area contributed by atoms with Crippen LogP contribution in [0.3, 0.4) is 0 Å². The highest BCUT2D eigenvalue weighted by Crippen LogP contribution is 2.14. The van der Waals surface area contributed by atoms with Crippen molar-refractivity contribution >= 4 is 0 Å². The van der Waals surface area contributed by atoms with Crippen LogP contribution in [0.4, 0.5) is 0 Å². The van der Waals surface area contributed by atoms with Crippen molar-refractivity contribution in [2.24, 2.45) is 5.29 Å². The predicted molar refractivity (Wildman–Crippen MR) is 40.8 cm³/mol. The molecule has 0 fully saturated rings. The first-order chi connectivity index (χ1) is 5.75. The Morgan fingerprint density at radius 3 is 2.42 bits per heavy atom. The van der Waals surface area contributed by atoms with E-state index in [2.05, 4.69) is 5.29 Å². The van der Waals surface area contributed by atoms with Gasteiger partial charge in [-0.1, -0.05) is 30.3 Å². The Balaban J connectivity index is 2.78. The lowest BCUT2D eigenvalue weighted by Gasteiger charge is -2.13. The summed E-state index contributed by atoms with van der Waals surface area (Å²) < 4.78 is 0. The molecule has 1 aromatic rings. The van der Waals surface area contributed by atoms with Crippen LogP contribution in [0, 0.1) is 4.91 Å². The third kappa shape index (κ3) is 1.77. The molecule has 5 heteroatoms. The maximum atomic E-state index is 9.79. The predicted octanol–water partition coefficient (Wildman–Crippen LogP) is 1.05. The summed E-state index contributed by atoms with van der Waals surface area (Å²) in [4.78, 5) is 9.79. The summed E-state index contributed by atoms with van der Waals surface area (Å²) in [6.45, 7) is 0. The first-order valence-corrected chi connectivity index (χ1v) is 3.30. The maximum absolute atomic E-state index is 9.79. The monoisotopic (exact) mass is 168 g/mol.